The third-order valence-electron chi connectivity index (χ3n) is 0.863. The van der Waals surface area contributed by atoms with Crippen molar-refractivity contribution < 1.29 is 24.1 Å². The fraction of sp³-hybridized carbons (Fsp3) is 0.750. The Morgan fingerprint density at radius 3 is 3.10 bits per heavy atom. The van der Waals surface area contributed by atoms with Crippen LogP contribution in [0.5, 0.6) is 0 Å². The molecule has 10 heavy (non-hydrogen) atoms. The van der Waals surface area contributed by atoms with E-state index in [4.69, 9.17) is 0 Å². The first-order valence-corrected chi connectivity index (χ1v) is 2.61. The smallest absolute Gasteiger partial charge is 0.438 e. The van der Waals surface area contributed by atoms with Crippen molar-refractivity contribution in [3.8, 4) is 0 Å². The van der Waals surface area contributed by atoms with Crippen LogP contribution >= 0.6 is 0 Å². The number of carbonyl (C=O) groups excluding carboxylic acids is 1. The Labute approximate surface area is 56.9 Å². The summed E-state index contributed by atoms with van der Waals surface area (Å²) in [7, 11) is 1.22. The van der Waals surface area contributed by atoms with E-state index in [1.807, 2.05) is 0 Å². The fourth-order valence-corrected chi connectivity index (χ4v) is 0.440. The van der Waals surface area contributed by atoms with Crippen LogP contribution in [-0.4, -0.2) is 26.1 Å². The van der Waals surface area contributed by atoms with E-state index in [2.05, 4.69) is 24.8 Å². The number of ether oxygens (including phenoxy) is 2. The second kappa shape index (κ2) is 3.35. The van der Waals surface area contributed by atoms with E-state index in [1.165, 1.54) is 7.11 Å². The molecule has 1 fully saturated rings. The van der Waals surface area contributed by atoms with Crippen molar-refractivity contribution in [2.75, 3.05) is 13.7 Å². The van der Waals surface area contributed by atoms with Gasteiger partial charge in [0, 0.05) is 0 Å². The van der Waals surface area contributed by atoms with Crippen LogP contribution in [0.2, 0.25) is 0 Å². The first-order valence-electron chi connectivity index (χ1n) is 2.61. The van der Waals surface area contributed by atoms with Gasteiger partial charge in [-0.3, -0.25) is 0 Å². The first-order chi connectivity index (χ1) is 4.83. The molecule has 1 unspecified atom stereocenters. The minimum atomic E-state index is -0.772. The molecule has 1 aliphatic heterocycles. The molecule has 0 bridgehead atoms. The second-order valence-electron chi connectivity index (χ2n) is 1.55. The van der Waals surface area contributed by atoms with E-state index in [0.29, 0.717) is 0 Å². The lowest BCUT2D eigenvalue weighted by atomic mass is 10.6. The fourth-order valence-electron chi connectivity index (χ4n) is 0.440. The molecule has 0 saturated carbocycles. The number of hydrogen-bond acceptors (Lipinski definition) is 6. The highest BCUT2D eigenvalue weighted by atomic mass is 17.3. The van der Waals surface area contributed by atoms with Gasteiger partial charge in [-0.1, -0.05) is 0 Å². The number of hydrogen-bond donors (Lipinski definition) is 1. The van der Waals surface area contributed by atoms with Crippen LogP contribution in [-0.2, 0) is 19.3 Å². The highest BCUT2D eigenvalue weighted by molar-refractivity contribution is 5.59. The largest absolute Gasteiger partial charge is 0.509 e. The summed E-state index contributed by atoms with van der Waals surface area (Å²) in [5, 5.41) is 0. The van der Waals surface area contributed by atoms with Gasteiger partial charge in [0.25, 0.3) is 0 Å². The molecule has 0 spiro atoms. The minimum absolute atomic E-state index is 0.162. The summed E-state index contributed by atoms with van der Waals surface area (Å²) in [6.07, 6.45) is -1.35. The normalized spacial score (nSPS) is 24.3. The molecule has 1 heterocycles. The highest BCUT2D eigenvalue weighted by Gasteiger charge is 2.20. The number of rotatable bonds is 1. The Balaban J connectivity index is 2.17. The molecule has 6 heteroatoms. The molecule has 1 N–H and O–H groups in total. The molecule has 6 nitrogen and oxygen atoms in total. The molecule has 58 valence electrons. The van der Waals surface area contributed by atoms with Gasteiger partial charge in [0.05, 0.1) is 7.11 Å². The topological polar surface area (TPSA) is 66.0 Å². The summed E-state index contributed by atoms with van der Waals surface area (Å²) in [6.45, 7) is 0.162. The van der Waals surface area contributed by atoms with Crippen molar-refractivity contribution in [2.45, 2.75) is 6.23 Å². The summed E-state index contributed by atoms with van der Waals surface area (Å²) >= 11 is 0. The Hall–Kier alpha value is -0.850. The zero-order chi connectivity index (χ0) is 7.40. The first kappa shape index (κ1) is 7.26. The quantitative estimate of drug-likeness (QED) is 0.402. The lowest BCUT2D eigenvalue weighted by Crippen LogP contribution is -2.28. The predicted octanol–water partition coefficient (Wildman–Crippen LogP) is -0.438. The van der Waals surface area contributed by atoms with Gasteiger partial charge >= 0.3 is 6.16 Å². The minimum Gasteiger partial charge on any atom is -0.438 e. The predicted molar refractivity (Wildman–Crippen MR) is 27.5 cm³/mol. The van der Waals surface area contributed by atoms with E-state index in [1.54, 1.807) is 0 Å². The van der Waals surface area contributed by atoms with E-state index in [-0.39, 0.29) is 6.61 Å². The lowest BCUT2D eigenvalue weighted by molar-refractivity contribution is -0.286. The number of hydroxylamine groups is 1. The van der Waals surface area contributed by atoms with Gasteiger partial charge in [0.15, 0.2) is 0 Å². The Kier molecular flexibility index (Phi) is 2.43. The monoisotopic (exact) mass is 149 g/mol. The van der Waals surface area contributed by atoms with Gasteiger partial charge in [-0.05, 0) is 0 Å². The average Bonchev–Trinajstić information content (AvgIpc) is 2.40. The van der Waals surface area contributed by atoms with Gasteiger partial charge in [-0.25, -0.2) is 9.68 Å². The lowest BCUT2D eigenvalue weighted by Gasteiger charge is -2.05. The zero-order valence-corrected chi connectivity index (χ0v) is 5.33. The van der Waals surface area contributed by atoms with Crippen LogP contribution < -0.4 is 5.48 Å². The SMILES string of the molecule is COC(=O)OC1COON1. The molecule has 1 atom stereocenters. The van der Waals surface area contributed by atoms with Crippen molar-refractivity contribution in [3.63, 3.8) is 0 Å². The molecule has 0 aromatic heterocycles. The maximum Gasteiger partial charge on any atom is 0.509 e. The van der Waals surface area contributed by atoms with Gasteiger partial charge in [0.2, 0.25) is 6.23 Å². The third-order valence-corrected chi connectivity index (χ3v) is 0.863. The molecule has 1 aliphatic rings. The molecule has 0 aromatic rings. The van der Waals surface area contributed by atoms with Crippen molar-refractivity contribution in [1.29, 1.82) is 0 Å². The molecule has 0 aromatic carbocycles. The van der Waals surface area contributed by atoms with Crippen LogP contribution in [0.25, 0.3) is 0 Å². The molecular formula is C4H7NO5. The average molecular weight is 149 g/mol. The van der Waals surface area contributed by atoms with Gasteiger partial charge < -0.3 is 9.47 Å². The van der Waals surface area contributed by atoms with Crippen molar-refractivity contribution in [3.05, 3.63) is 0 Å². The van der Waals surface area contributed by atoms with Crippen LogP contribution in [0.1, 0.15) is 0 Å². The van der Waals surface area contributed by atoms with Crippen molar-refractivity contribution in [2.24, 2.45) is 0 Å². The molecule has 1 rings (SSSR count). The van der Waals surface area contributed by atoms with Crippen molar-refractivity contribution >= 4 is 6.16 Å². The Morgan fingerprint density at radius 1 is 1.80 bits per heavy atom. The van der Waals surface area contributed by atoms with E-state index >= 15 is 0 Å². The zero-order valence-electron chi connectivity index (χ0n) is 5.33. The molecule has 0 radical (unpaired) electrons. The summed E-state index contributed by atoms with van der Waals surface area (Å²) in [6, 6.07) is 0. The third kappa shape index (κ3) is 1.83. The summed E-state index contributed by atoms with van der Waals surface area (Å²) in [4.78, 5) is 19.0. The second-order valence-corrected chi connectivity index (χ2v) is 1.55. The standard InChI is InChI=1S/C4H7NO5/c1-7-4(6)9-3-2-8-10-5-3/h3,5H,2H2,1H3. The van der Waals surface area contributed by atoms with E-state index < -0.39 is 12.4 Å². The van der Waals surface area contributed by atoms with E-state index in [0.717, 1.165) is 0 Å². The number of methoxy groups -OCH3 is 1. The van der Waals surface area contributed by atoms with Crippen LogP contribution in [0.15, 0.2) is 0 Å². The van der Waals surface area contributed by atoms with Crippen LogP contribution in [0, 0.1) is 0 Å². The van der Waals surface area contributed by atoms with Crippen LogP contribution in [0.3, 0.4) is 0 Å². The number of nitrogens with one attached hydrogen (secondary N) is 1. The molecule has 0 amide bonds. The van der Waals surface area contributed by atoms with E-state index in [9.17, 15) is 4.79 Å². The van der Waals surface area contributed by atoms with Crippen LogP contribution in [0.4, 0.5) is 4.79 Å². The summed E-state index contributed by atoms with van der Waals surface area (Å²) in [5.74, 6) is 0. The molecule has 1 saturated heterocycles. The van der Waals surface area contributed by atoms with Gasteiger partial charge in [-0.2, -0.15) is 0 Å². The van der Waals surface area contributed by atoms with Gasteiger partial charge in [0.1, 0.15) is 6.61 Å². The Morgan fingerprint density at radius 2 is 2.60 bits per heavy atom. The molecule has 0 aliphatic carbocycles. The summed E-state index contributed by atoms with van der Waals surface area (Å²) < 4.78 is 8.74. The highest BCUT2D eigenvalue weighted by Crippen LogP contribution is 1.98. The number of carbonyl (C=O) groups is 1. The maximum absolute atomic E-state index is 10.4. The van der Waals surface area contributed by atoms with Crippen molar-refractivity contribution in [1.82, 2.24) is 5.48 Å². The Bertz CT molecular complexity index is 121. The maximum atomic E-state index is 10.4. The summed E-state index contributed by atoms with van der Waals surface area (Å²) in [5.41, 5.74) is 2.28. The molecular weight excluding hydrogens is 142 g/mol. The van der Waals surface area contributed by atoms with Gasteiger partial charge in [-0.15, -0.1) is 10.5 Å².